The normalized spacial score (nSPS) is 13.2. The number of halogens is 8. The Morgan fingerprint density at radius 2 is 1.00 bits per heavy atom. The van der Waals surface area contributed by atoms with Crippen LogP contribution in [0, 0.1) is 52.5 Å². The third-order valence-electron chi connectivity index (χ3n) is 5.84. The molecule has 0 bridgehead atoms. The number of ketones is 1. The van der Waals surface area contributed by atoms with E-state index >= 15 is 8.78 Å². The Balaban J connectivity index is 2.56. The van der Waals surface area contributed by atoms with Crippen LogP contribution in [0.4, 0.5) is 35.1 Å². The molecule has 0 heterocycles. The van der Waals surface area contributed by atoms with E-state index < -0.39 is 97.1 Å². The van der Waals surface area contributed by atoms with E-state index in [4.69, 9.17) is 0 Å². The molecule has 0 aliphatic rings. The Kier molecular flexibility index (Phi) is 12.5. The largest absolute Gasteiger partial charge is 0.358 e. The fraction of sp³-hybridized carbons (Fsp3) is 0.462. The van der Waals surface area contributed by atoms with Crippen molar-refractivity contribution in [2.24, 2.45) is 5.92 Å². The first-order valence-electron chi connectivity index (χ1n) is 12.3. The lowest BCUT2D eigenvalue weighted by atomic mass is 10.0. The van der Waals surface area contributed by atoms with Gasteiger partial charge in [-0.1, -0.05) is 27.7 Å². The van der Waals surface area contributed by atoms with Crippen molar-refractivity contribution in [1.82, 2.24) is 16.0 Å². The summed E-state index contributed by atoms with van der Waals surface area (Å²) in [6, 6.07) is -2.26. The summed E-state index contributed by atoms with van der Waals surface area (Å²) in [5.41, 5.74) is -3.97. The molecule has 0 aromatic heterocycles. The van der Waals surface area contributed by atoms with Crippen LogP contribution in [0.1, 0.15) is 27.7 Å². The van der Waals surface area contributed by atoms with Gasteiger partial charge < -0.3 is 16.0 Å². The molecule has 2 aromatic rings. The van der Waals surface area contributed by atoms with E-state index in [1.165, 1.54) is 14.1 Å². The van der Waals surface area contributed by atoms with Gasteiger partial charge in [0.25, 0.3) is 0 Å². The van der Waals surface area contributed by atoms with Gasteiger partial charge in [-0.2, -0.15) is 0 Å². The second-order valence-corrected chi connectivity index (χ2v) is 11.5. The summed E-state index contributed by atoms with van der Waals surface area (Å²) in [5, 5.41) is 7.73. The van der Waals surface area contributed by atoms with Crippen LogP contribution < -0.4 is 16.0 Å². The van der Waals surface area contributed by atoms with Crippen molar-refractivity contribution in [3.63, 3.8) is 0 Å². The van der Waals surface area contributed by atoms with Gasteiger partial charge >= 0.3 is 0 Å². The molecular formula is C26H29F8N3O2S2. The Hall–Kier alpha value is -2.36. The summed E-state index contributed by atoms with van der Waals surface area (Å²) in [5.74, 6) is -19.7. The Morgan fingerprint density at radius 3 is 1.29 bits per heavy atom. The summed E-state index contributed by atoms with van der Waals surface area (Å²) < 4.78 is 120. The van der Waals surface area contributed by atoms with E-state index in [0.29, 0.717) is 0 Å². The number of thioether (sulfide) groups is 2. The molecule has 0 saturated carbocycles. The number of nitrogens with one attached hydrogen (secondary N) is 3. The Labute approximate surface area is 240 Å². The lowest BCUT2D eigenvalue weighted by Crippen LogP contribution is -2.47. The van der Waals surface area contributed by atoms with Crippen LogP contribution in [0.2, 0.25) is 0 Å². The van der Waals surface area contributed by atoms with Crippen LogP contribution in [-0.4, -0.2) is 55.4 Å². The molecule has 0 fully saturated rings. The van der Waals surface area contributed by atoms with E-state index in [9.17, 15) is 35.9 Å². The summed E-state index contributed by atoms with van der Waals surface area (Å²) >= 11 is 0.435. The number of Topliss-reactive ketones (excluding diaryl/α,β-unsaturated/α-hetero) is 1. The molecule has 0 spiro atoms. The molecule has 0 aliphatic carbocycles. The van der Waals surface area contributed by atoms with Crippen LogP contribution in [0.3, 0.4) is 0 Å². The van der Waals surface area contributed by atoms with Crippen molar-refractivity contribution in [3.05, 3.63) is 46.5 Å². The number of carbonyl (C=O) groups is 2. The van der Waals surface area contributed by atoms with Crippen LogP contribution in [0.25, 0.3) is 11.1 Å². The minimum atomic E-state index is -2.30. The van der Waals surface area contributed by atoms with Gasteiger partial charge in [0.05, 0.1) is 33.0 Å². The Bertz CT molecular complexity index is 1250. The molecule has 15 heteroatoms. The van der Waals surface area contributed by atoms with Gasteiger partial charge in [-0.3, -0.25) is 9.59 Å². The van der Waals surface area contributed by atoms with Crippen LogP contribution in [0.15, 0.2) is 9.79 Å². The molecule has 5 nitrogen and oxygen atoms in total. The SMILES string of the molecule is CNC(=O)[C@H](CSc1c(F)c(F)c(-c2c(F)c(F)c(SC[C@H](NC)C(=O)C(C)C)c(F)c2F)c(F)c1F)NC(C)C. The lowest BCUT2D eigenvalue weighted by Gasteiger charge is -2.20. The molecule has 41 heavy (non-hydrogen) atoms. The third kappa shape index (κ3) is 7.54. The minimum absolute atomic E-state index is 0.207. The predicted molar refractivity (Wildman–Crippen MR) is 142 cm³/mol. The fourth-order valence-corrected chi connectivity index (χ4v) is 5.85. The predicted octanol–water partition coefficient (Wildman–Crippen LogP) is 5.58. The number of benzene rings is 2. The molecule has 2 rings (SSSR count). The van der Waals surface area contributed by atoms with E-state index in [1.807, 2.05) is 0 Å². The van der Waals surface area contributed by atoms with Crippen LogP contribution in [-0.2, 0) is 9.59 Å². The van der Waals surface area contributed by atoms with Gasteiger partial charge in [-0.25, -0.2) is 35.1 Å². The molecule has 0 saturated heterocycles. The zero-order valence-corrected chi connectivity index (χ0v) is 24.5. The quantitative estimate of drug-likeness (QED) is 0.153. The van der Waals surface area contributed by atoms with E-state index in [1.54, 1.807) is 27.7 Å². The maximum absolute atomic E-state index is 15.0. The van der Waals surface area contributed by atoms with Crippen molar-refractivity contribution < 1.29 is 44.7 Å². The first kappa shape index (κ1) is 34.8. The number of likely N-dealkylation sites (N-methyl/N-ethyl adjacent to an activating group) is 2. The molecule has 0 radical (unpaired) electrons. The maximum Gasteiger partial charge on any atom is 0.237 e. The summed E-state index contributed by atoms with van der Waals surface area (Å²) in [6.45, 7) is 6.48. The zero-order chi connectivity index (χ0) is 31.3. The second kappa shape index (κ2) is 14.7. The van der Waals surface area contributed by atoms with E-state index in [2.05, 4.69) is 16.0 Å². The lowest BCUT2D eigenvalue weighted by molar-refractivity contribution is -0.123. The van der Waals surface area contributed by atoms with Gasteiger partial charge in [0.15, 0.2) is 52.3 Å². The summed E-state index contributed by atoms with van der Waals surface area (Å²) in [6.07, 6.45) is 0. The van der Waals surface area contributed by atoms with Gasteiger partial charge in [0.1, 0.15) is 0 Å². The number of rotatable bonds is 13. The van der Waals surface area contributed by atoms with Crippen molar-refractivity contribution in [2.75, 3.05) is 25.6 Å². The molecule has 2 aromatic carbocycles. The highest BCUT2D eigenvalue weighted by Gasteiger charge is 2.35. The highest BCUT2D eigenvalue weighted by Crippen LogP contribution is 2.42. The molecule has 1 amide bonds. The second-order valence-electron chi connectivity index (χ2n) is 9.43. The highest BCUT2D eigenvalue weighted by atomic mass is 32.2. The number of amides is 1. The monoisotopic (exact) mass is 631 g/mol. The zero-order valence-electron chi connectivity index (χ0n) is 22.9. The van der Waals surface area contributed by atoms with Crippen molar-refractivity contribution in [1.29, 1.82) is 0 Å². The first-order chi connectivity index (χ1) is 19.1. The third-order valence-corrected chi connectivity index (χ3v) is 8.14. The van der Waals surface area contributed by atoms with Gasteiger partial charge in [-0.15, -0.1) is 23.5 Å². The van der Waals surface area contributed by atoms with Crippen molar-refractivity contribution in [3.8, 4) is 11.1 Å². The Morgan fingerprint density at radius 1 is 0.634 bits per heavy atom. The van der Waals surface area contributed by atoms with E-state index in [-0.39, 0.29) is 41.1 Å². The summed E-state index contributed by atoms with van der Waals surface area (Å²) in [4.78, 5) is 21.8. The van der Waals surface area contributed by atoms with Crippen LogP contribution >= 0.6 is 23.5 Å². The fourth-order valence-electron chi connectivity index (χ4n) is 3.74. The smallest absolute Gasteiger partial charge is 0.237 e. The topological polar surface area (TPSA) is 70.2 Å². The number of hydrogen-bond donors (Lipinski definition) is 3. The standard InChI is InChI=1S/C26H29F8N3O2S2/c1-9(2)23(38)11(35-5)7-40-24-19(31)15(27)13(16(28)20(24)32)14-17(29)21(33)25(22(34)18(14)30)41-8-12(26(39)36-6)37-10(3)4/h9-12,35,37H,7-8H2,1-6H3,(H,36,39)/t11-,12-/m0/s1. The van der Waals surface area contributed by atoms with Crippen LogP contribution in [0.5, 0.6) is 0 Å². The molecule has 0 aliphatic heterocycles. The average Bonchev–Trinajstić information content (AvgIpc) is 2.92. The van der Waals surface area contributed by atoms with Gasteiger partial charge in [0, 0.05) is 30.5 Å². The van der Waals surface area contributed by atoms with E-state index in [0.717, 1.165) is 0 Å². The van der Waals surface area contributed by atoms with Crippen molar-refractivity contribution >= 4 is 35.2 Å². The first-order valence-corrected chi connectivity index (χ1v) is 14.2. The molecule has 0 unspecified atom stereocenters. The van der Waals surface area contributed by atoms with Crippen molar-refractivity contribution in [2.45, 2.75) is 55.6 Å². The summed E-state index contributed by atoms with van der Waals surface area (Å²) in [7, 11) is 2.69. The highest BCUT2D eigenvalue weighted by molar-refractivity contribution is 7.99. The maximum atomic E-state index is 15.0. The minimum Gasteiger partial charge on any atom is -0.358 e. The average molecular weight is 632 g/mol. The number of hydrogen-bond acceptors (Lipinski definition) is 6. The molecule has 2 atom stereocenters. The molecular weight excluding hydrogens is 602 g/mol. The van der Waals surface area contributed by atoms with Gasteiger partial charge in [-0.05, 0) is 7.05 Å². The molecule has 228 valence electrons. The molecule has 3 N–H and O–H groups in total. The van der Waals surface area contributed by atoms with Gasteiger partial charge in [0.2, 0.25) is 5.91 Å². The number of carbonyl (C=O) groups excluding carboxylic acids is 2.